The van der Waals surface area contributed by atoms with Gasteiger partial charge in [0.25, 0.3) is 5.91 Å². The zero-order valence-corrected chi connectivity index (χ0v) is 14.3. The van der Waals surface area contributed by atoms with Crippen LogP contribution in [0.4, 0.5) is 11.4 Å². The van der Waals surface area contributed by atoms with Crippen LogP contribution in [-0.4, -0.2) is 31.7 Å². The highest BCUT2D eigenvalue weighted by molar-refractivity contribution is 6.05. The lowest BCUT2D eigenvalue weighted by molar-refractivity contribution is 0.102. The molecule has 1 aromatic heterocycles. The van der Waals surface area contributed by atoms with Crippen LogP contribution in [0.1, 0.15) is 30.1 Å². The van der Waals surface area contributed by atoms with Gasteiger partial charge in [0.05, 0.1) is 31.2 Å². The molecule has 0 fully saturated rings. The number of amides is 1. The molecule has 0 aliphatic carbocycles. The van der Waals surface area contributed by atoms with Crippen molar-refractivity contribution in [1.82, 2.24) is 4.98 Å². The fourth-order valence-corrected chi connectivity index (χ4v) is 2.17. The quantitative estimate of drug-likeness (QED) is 0.725. The molecule has 2 rings (SSSR count). The van der Waals surface area contributed by atoms with E-state index in [0.29, 0.717) is 22.7 Å². The van der Waals surface area contributed by atoms with Crippen molar-refractivity contribution in [3.05, 3.63) is 42.2 Å². The Bertz CT molecular complexity index is 689. The van der Waals surface area contributed by atoms with Gasteiger partial charge in [-0.2, -0.15) is 0 Å². The van der Waals surface area contributed by atoms with E-state index in [1.807, 2.05) is 0 Å². The third-order valence-corrected chi connectivity index (χ3v) is 3.52. The van der Waals surface area contributed by atoms with Crippen molar-refractivity contribution in [2.45, 2.75) is 19.8 Å². The second-order valence-electron chi connectivity index (χ2n) is 5.26. The van der Waals surface area contributed by atoms with Crippen molar-refractivity contribution in [3.63, 3.8) is 0 Å². The lowest BCUT2D eigenvalue weighted by atomic mass is 10.2. The monoisotopic (exact) mass is 329 g/mol. The average Bonchev–Trinajstić information content (AvgIpc) is 2.62. The Morgan fingerprint density at radius 3 is 2.71 bits per heavy atom. The summed E-state index contributed by atoms with van der Waals surface area (Å²) < 4.78 is 10.4. The number of pyridine rings is 1. The van der Waals surface area contributed by atoms with Crippen LogP contribution in [0.25, 0.3) is 0 Å². The highest BCUT2D eigenvalue weighted by atomic mass is 16.5. The molecule has 1 heterocycles. The number of carbonyl (C=O) groups excluding carboxylic acids is 1. The molecule has 128 valence electrons. The maximum absolute atomic E-state index is 12.5. The van der Waals surface area contributed by atoms with Gasteiger partial charge < -0.3 is 20.1 Å². The molecule has 0 saturated carbocycles. The Hall–Kier alpha value is -2.76. The number of unbranched alkanes of at least 4 members (excludes halogenated alkanes) is 1. The number of methoxy groups -OCH3 is 2. The summed E-state index contributed by atoms with van der Waals surface area (Å²) in [6.45, 7) is 2.99. The number of carbonyl (C=O) groups is 1. The van der Waals surface area contributed by atoms with Gasteiger partial charge in [0.15, 0.2) is 0 Å². The van der Waals surface area contributed by atoms with Gasteiger partial charge in [-0.25, -0.2) is 0 Å². The maximum Gasteiger partial charge on any atom is 0.257 e. The number of ether oxygens (including phenoxy) is 2. The normalized spacial score (nSPS) is 10.1. The van der Waals surface area contributed by atoms with Crippen LogP contribution in [0.15, 0.2) is 36.7 Å². The average molecular weight is 329 g/mol. The first kappa shape index (κ1) is 17.6. The van der Waals surface area contributed by atoms with Crippen LogP contribution in [-0.2, 0) is 0 Å². The molecule has 0 bridgehead atoms. The van der Waals surface area contributed by atoms with E-state index in [9.17, 15) is 4.79 Å². The van der Waals surface area contributed by atoms with E-state index in [1.54, 1.807) is 44.7 Å². The lowest BCUT2D eigenvalue weighted by Gasteiger charge is -2.12. The summed E-state index contributed by atoms with van der Waals surface area (Å²) in [6.07, 6.45) is 5.42. The number of aromatic nitrogens is 1. The number of hydrogen-bond acceptors (Lipinski definition) is 5. The van der Waals surface area contributed by atoms with Gasteiger partial charge in [-0.15, -0.1) is 0 Å². The molecular weight excluding hydrogens is 306 g/mol. The molecule has 0 atom stereocenters. The largest absolute Gasteiger partial charge is 0.497 e. The van der Waals surface area contributed by atoms with Crippen LogP contribution in [0.5, 0.6) is 11.5 Å². The van der Waals surface area contributed by atoms with Crippen LogP contribution >= 0.6 is 0 Å². The molecule has 6 heteroatoms. The zero-order chi connectivity index (χ0) is 17.4. The summed E-state index contributed by atoms with van der Waals surface area (Å²) in [7, 11) is 3.12. The van der Waals surface area contributed by atoms with E-state index < -0.39 is 0 Å². The molecule has 2 N–H and O–H groups in total. The topological polar surface area (TPSA) is 72.5 Å². The molecule has 0 aliphatic rings. The Morgan fingerprint density at radius 1 is 1.17 bits per heavy atom. The lowest BCUT2D eigenvalue weighted by Crippen LogP contribution is -2.13. The number of nitrogens with one attached hydrogen (secondary N) is 2. The van der Waals surface area contributed by atoms with Gasteiger partial charge in [0, 0.05) is 25.0 Å². The summed E-state index contributed by atoms with van der Waals surface area (Å²) in [5, 5.41) is 6.09. The minimum atomic E-state index is -0.245. The maximum atomic E-state index is 12.5. The fourth-order valence-electron chi connectivity index (χ4n) is 2.17. The minimum Gasteiger partial charge on any atom is -0.497 e. The summed E-state index contributed by atoms with van der Waals surface area (Å²) in [5.74, 6) is 0.951. The van der Waals surface area contributed by atoms with E-state index in [2.05, 4.69) is 22.5 Å². The summed E-state index contributed by atoms with van der Waals surface area (Å²) in [4.78, 5) is 16.6. The van der Waals surface area contributed by atoms with E-state index in [-0.39, 0.29) is 5.91 Å². The Kier molecular flexibility index (Phi) is 6.42. The first-order chi connectivity index (χ1) is 11.7. The van der Waals surface area contributed by atoms with Crippen molar-refractivity contribution < 1.29 is 14.3 Å². The SMILES string of the molecule is CCCCNc1cncc(C(=O)Nc2ccc(OC)cc2OC)c1. The van der Waals surface area contributed by atoms with Gasteiger partial charge in [0.1, 0.15) is 11.5 Å². The van der Waals surface area contributed by atoms with Crippen molar-refractivity contribution in [2.24, 2.45) is 0 Å². The summed E-state index contributed by atoms with van der Waals surface area (Å²) in [5.41, 5.74) is 1.89. The number of benzene rings is 1. The molecule has 6 nitrogen and oxygen atoms in total. The minimum absolute atomic E-state index is 0.245. The van der Waals surface area contributed by atoms with Crippen molar-refractivity contribution in [1.29, 1.82) is 0 Å². The van der Waals surface area contributed by atoms with Gasteiger partial charge in [-0.1, -0.05) is 13.3 Å². The molecule has 1 aromatic carbocycles. The third-order valence-electron chi connectivity index (χ3n) is 3.52. The van der Waals surface area contributed by atoms with Gasteiger partial charge >= 0.3 is 0 Å². The summed E-state index contributed by atoms with van der Waals surface area (Å²) >= 11 is 0. The molecule has 2 aromatic rings. The molecule has 0 spiro atoms. The van der Waals surface area contributed by atoms with Gasteiger partial charge in [-0.3, -0.25) is 9.78 Å². The number of rotatable bonds is 8. The molecule has 0 saturated heterocycles. The highest BCUT2D eigenvalue weighted by Crippen LogP contribution is 2.29. The third kappa shape index (κ3) is 4.62. The fraction of sp³-hybridized carbons (Fsp3) is 0.333. The zero-order valence-electron chi connectivity index (χ0n) is 14.3. The molecule has 0 radical (unpaired) electrons. The summed E-state index contributed by atoms with van der Waals surface area (Å²) in [6, 6.07) is 7.01. The number of hydrogen-bond donors (Lipinski definition) is 2. The van der Waals surface area contributed by atoms with Crippen molar-refractivity contribution in [3.8, 4) is 11.5 Å². The van der Waals surface area contributed by atoms with Gasteiger partial charge in [0.2, 0.25) is 0 Å². The number of nitrogens with zero attached hydrogens (tertiary/aromatic N) is 1. The van der Waals surface area contributed by atoms with E-state index in [1.165, 1.54) is 6.20 Å². The van der Waals surface area contributed by atoms with E-state index in [0.717, 1.165) is 25.1 Å². The van der Waals surface area contributed by atoms with Crippen LogP contribution in [0.3, 0.4) is 0 Å². The molecule has 24 heavy (non-hydrogen) atoms. The van der Waals surface area contributed by atoms with E-state index >= 15 is 0 Å². The second kappa shape index (κ2) is 8.76. The Balaban J connectivity index is 2.11. The Morgan fingerprint density at radius 2 is 2.00 bits per heavy atom. The predicted molar refractivity (Wildman–Crippen MR) is 95.1 cm³/mol. The molecule has 0 unspecified atom stereocenters. The van der Waals surface area contributed by atoms with Crippen LogP contribution < -0.4 is 20.1 Å². The van der Waals surface area contributed by atoms with E-state index in [4.69, 9.17) is 9.47 Å². The standard InChI is InChI=1S/C18H23N3O3/c1-4-5-8-20-14-9-13(11-19-12-14)18(22)21-16-7-6-15(23-2)10-17(16)24-3/h6-7,9-12,20H,4-5,8H2,1-3H3,(H,21,22). The van der Waals surface area contributed by atoms with Crippen molar-refractivity contribution >= 4 is 17.3 Å². The molecule has 0 aliphatic heterocycles. The highest BCUT2D eigenvalue weighted by Gasteiger charge is 2.11. The smallest absolute Gasteiger partial charge is 0.257 e. The van der Waals surface area contributed by atoms with Crippen LogP contribution in [0, 0.1) is 0 Å². The molecule has 1 amide bonds. The Labute approximate surface area is 142 Å². The molecular formula is C18H23N3O3. The first-order valence-corrected chi connectivity index (χ1v) is 7.90. The van der Waals surface area contributed by atoms with Crippen molar-refractivity contribution in [2.75, 3.05) is 31.4 Å². The van der Waals surface area contributed by atoms with Crippen LogP contribution in [0.2, 0.25) is 0 Å². The van der Waals surface area contributed by atoms with Gasteiger partial charge in [-0.05, 0) is 24.6 Å². The first-order valence-electron chi connectivity index (χ1n) is 7.90. The second-order valence-corrected chi connectivity index (χ2v) is 5.26. The number of anilines is 2. The predicted octanol–water partition coefficient (Wildman–Crippen LogP) is 3.56.